The van der Waals surface area contributed by atoms with Crippen LogP contribution in [0.15, 0.2) is 34.9 Å². The van der Waals surface area contributed by atoms with Gasteiger partial charge in [0.25, 0.3) is 5.89 Å². The van der Waals surface area contributed by atoms with Gasteiger partial charge in [0, 0.05) is 6.54 Å². The van der Waals surface area contributed by atoms with E-state index in [-0.39, 0.29) is 12.2 Å². The lowest BCUT2D eigenvalue weighted by molar-refractivity contribution is -0.120. The molecular formula is C16H20N4O3. The van der Waals surface area contributed by atoms with Crippen LogP contribution in [0.25, 0.3) is 0 Å². The summed E-state index contributed by atoms with van der Waals surface area (Å²) in [6.07, 6.45) is 1.49. The number of aryl methyl sites for hydroxylation is 1. The number of amides is 1. The van der Waals surface area contributed by atoms with Crippen LogP contribution in [0.4, 0.5) is 0 Å². The van der Waals surface area contributed by atoms with Gasteiger partial charge in [0.05, 0.1) is 6.10 Å². The van der Waals surface area contributed by atoms with Crippen LogP contribution in [0.1, 0.15) is 42.3 Å². The summed E-state index contributed by atoms with van der Waals surface area (Å²) in [6, 6.07) is 8.90. The molecule has 2 aromatic rings. The van der Waals surface area contributed by atoms with Gasteiger partial charge in [-0.3, -0.25) is 10.1 Å². The van der Waals surface area contributed by atoms with E-state index in [9.17, 15) is 4.79 Å². The van der Waals surface area contributed by atoms with Gasteiger partial charge in [0.2, 0.25) is 5.91 Å². The third-order valence-corrected chi connectivity index (χ3v) is 3.89. The van der Waals surface area contributed by atoms with Gasteiger partial charge in [-0.2, -0.15) is 4.98 Å². The normalized spacial score (nSPS) is 22.1. The molecule has 0 spiro atoms. The fourth-order valence-electron chi connectivity index (χ4n) is 2.76. The maximum absolute atomic E-state index is 11.7. The van der Waals surface area contributed by atoms with E-state index in [1.165, 1.54) is 0 Å². The maximum atomic E-state index is 11.7. The summed E-state index contributed by atoms with van der Waals surface area (Å²) in [5.41, 5.74) is 6.35. The number of ether oxygens (including phenoxy) is 1. The van der Waals surface area contributed by atoms with Crippen molar-refractivity contribution in [3.05, 3.63) is 47.6 Å². The van der Waals surface area contributed by atoms with Crippen molar-refractivity contribution in [1.29, 1.82) is 0 Å². The summed E-state index contributed by atoms with van der Waals surface area (Å²) in [7, 11) is 0. The number of rotatable bonds is 6. The standard InChI is InChI=1S/C16H20N4O3/c1-10-19-16(23-20-10)13-8-7-12(22-13)9-18-14(15(17)21)11-5-3-2-4-6-11/h2-6,12-14,18H,7-9H2,1H3,(H2,17,21)/t12-,13+,14-/m1/s1. The number of carbonyl (C=O) groups excluding carboxylic acids is 1. The van der Waals surface area contributed by atoms with Crippen molar-refractivity contribution in [2.24, 2.45) is 5.73 Å². The Morgan fingerprint density at radius 3 is 2.83 bits per heavy atom. The molecule has 1 amide bonds. The largest absolute Gasteiger partial charge is 0.368 e. The van der Waals surface area contributed by atoms with E-state index in [4.69, 9.17) is 15.0 Å². The Morgan fingerprint density at radius 2 is 2.17 bits per heavy atom. The zero-order chi connectivity index (χ0) is 16.2. The average Bonchev–Trinajstić information content (AvgIpc) is 3.17. The first-order valence-corrected chi connectivity index (χ1v) is 7.67. The summed E-state index contributed by atoms with van der Waals surface area (Å²) < 4.78 is 11.1. The quantitative estimate of drug-likeness (QED) is 0.835. The van der Waals surface area contributed by atoms with E-state index in [1.54, 1.807) is 6.92 Å². The van der Waals surface area contributed by atoms with E-state index >= 15 is 0 Å². The van der Waals surface area contributed by atoms with Gasteiger partial charge < -0.3 is 15.0 Å². The number of nitrogens with zero attached hydrogens (tertiary/aromatic N) is 2. The monoisotopic (exact) mass is 316 g/mol. The molecule has 3 N–H and O–H groups in total. The van der Waals surface area contributed by atoms with E-state index in [0.29, 0.717) is 18.3 Å². The minimum atomic E-state index is -0.524. The highest BCUT2D eigenvalue weighted by Crippen LogP contribution is 2.31. The molecule has 3 atom stereocenters. The zero-order valence-electron chi connectivity index (χ0n) is 12.9. The highest BCUT2D eigenvalue weighted by atomic mass is 16.5. The Balaban J connectivity index is 1.56. The van der Waals surface area contributed by atoms with Crippen molar-refractivity contribution >= 4 is 5.91 Å². The topological polar surface area (TPSA) is 103 Å². The fourth-order valence-corrected chi connectivity index (χ4v) is 2.76. The Morgan fingerprint density at radius 1 is 1.39 bits per heavy atom. The van der Waals surface area contributed by atoms with E-state index in [0.717, 1.165) is 18.4 Å². The Bertz CT molecular complexity index is 658. The predicted molar refractivity (Wildman–Crippen MR) is 82.3 cm³/mol. The summed E-state index contributed by atoms with van der Waals surface area (Å²) in [5.74, 6) is 0.709. The van der Waals surface area contributed by atoms with Crippen LogP contribution in [-0.2, 0) is 9.53 Å². The molecule has 1 aliphatic heterocycles. The molecule has 0 saturated carbocycles. The van der Waals surface area contributed by atoms with Crippen LogP contribution >= 0.6 is 0 Å². The molecular weight excluding hydrogens is 296 g/mol. The molecule has 1 aliphatic rings. The molecule has 7 nitrogen and oxygen atoms in total. The minimum absolute atomic E-state index is 0.0160. The van der Waals surface area contributed by atoms with Crippen LogP contribution < -0.4 is 11.1 Å². The molecule has 1 fully saturated rings. The number of nitrogens with two attached hydrogens (primary N) is 1. The number of hydrogen-bond donors (Lipinski definition) is 2. The molecule has 0 radical (unpaired) electrons. The summed E-state index contributed by atoms with van der Waals surface area (Å²) in [6.45, 7) is 2.31. The molecule has 1 saturated heterocycles. The summed E-state index contributed by atoms with van der Waals surface area (Å²) >= 11 is 0. The lowest BCUT2D eigenvalue weighted by atomic mass is 10.1. The van der Waals surface area contributed by atoms with E-state index in [1.807, 2.05) is 30.3 Å². The van der Waals surface area contributed by atoms with Gasteiger partial charge in [0.15, 0.2) is 5.82 Å². The van der Waals surface area contributed by atoms with Gasteiger partial charge in [-0.15, -0.1) is 0 Å². The zero-order valence-corrected chi connectivity index (χ0v) is 12.9. The lowest BCUT2D eigenvalue weighted by Gasteiger charge is -2.19. The van der Waals surface area contributed by atoms with E-state index in [2.05, 4.69) is 15.5 Å². The van der Waals surface area contributed by atoms with Crippen molar-refractivity contribution in [2.45, 2.75) is 38.0 Å². The molecule has 1 aromatic carbocycles. The highest BCUT2D eigenvalue weighted by Gasteiger charge is 2.31. The van der Waals surface area contributed by atoms with Crippen molar-refractivity contribution in [2.75, 3.05) is 6.54 Å². The van der Waals surface area contributed by atoms with Crippen molar-refractivity contribution < 1.29 is 14.1 Å². The number of benzene rings is 1. The summed E-state index contributed by atoms with van der Waals surface area (Å²) in [4.78, 5) is 15.9. The highest BCUT2D eigenvalue weighted by molar-refractivity contribution is 5.81. The Labute approximate surface area is 134 Å². The second kappa shape index (κ2) is 6.89. The van der Waals surface area contributed by atoms with Gasteiger partial charge >= 0.3 is 0 Å². The molecule has 23 heavy (non-hydrogen) atoms. The molecule has 0 bridgehead atoms. The number of nitrogens with one attached hydrogen (secondary N) is 1. The summed E-state index contributed by atoms with van der Waals surface area (Å²) in [5, 5.41) is 6.97. The Kier molecular flexibility index (Phi) is 4.68. The second-order valence-corrected chi connectivity index (χ2v) is 5.66. The van der Waals surface area contributed by atoms with Crippen LogP contribution in [0, 0.1) is 6.92 Å². The van der Waals surface area contributed by atoms with Gasteiger partial charge in [-0.25, -0.2) is 0 Å². The second-order valence-electron chi connectivity index (χ2n) is 5.66. The van der Waals surface area contributed by atoms with Crippen LogP contribution in [0.2, 0.25) is 0 Å². The smallest absolute Gasteiger partial charge is 0.255 e. The van der Waals surface area contributed by atoms with E-state index < -0.39 is 11.9 Å². The number of hydrogen-bond acceptors (Lipinski definition) is 6. The SMILES string of the molecule is Cc1noc([C@@H]2CC[C@H](CN[C@@H](C(N)=O)c3ccccc3)O2)n1. The van der Waals surface area contributed by atoms with Gasteiger partial charge in [-0.1, -0.05) is 35.5 Å². The first-order chi connectivity index (χ1) is 11.1. The van der Waals surface area contributed by atoms with Gasteiger partial charge in [0.1, 0.15) is 12.1 Å². The molecule has 0 aliphatic carbocycles. The number of carbonyl (C=O) groups is 1. The fraction of sp³-hybridized carbons (Fsp3) is 0.438. The molecule has 1 aromatic heterocycles. The molecule has 2 heterocycles. The van der Waals surface area contributed by atoms with Crippen molar-refractivity contribution in [3.63, 3.8) is 0 Å². The first kappa shape index (κ1) is 15.6. The number of primary amides is 1. The average molecular weight is 316 g/mol. The number of aromatic nitrogens is 2. The molecule has 7 heteroatoms. The lowest BCUT2D eigenvalue weighted by Crippen LogP contribution is -2.37. The van der Waals surface area contributed by atoms with Crippen molar-refractivity contribution in [3.8, 4) is 0 Å². The first-order valence-electron chi connectivity index (χ1n) is 7.67. The third kappa shape index (κ3) is 3.75. The van der Waals surface area contributed by atoms with Gasteiger partial charge in [-0.05, 0) is 25.3 Å². The maximum Gasteiger partial charge on any atom is 0.255 e. The molecule has 3 rings (SSSR count). The molecule has 122 valence electrons. The minimum Gasteiger partial charge on any atom is -0.368 e. The molecule has 0 unspecified atom stereocenters. The van der Waals surface area contributed by atoms with Crippen LogP contribution in [-0.4, -0.2) is 28.7 Å². The van der Waals surface area contributed by atoms with Crippen molar-refractivity contribution in [1.82, 2.24) is 15.5 Å². The predicted octanol–water partition coefficient (Wildman–Crippen LogP) is 1.41. The van der Waals surface area contributed by atoms with Crippen LogP contribution in [0.3, 0.4) is 0 Å². The van der Waals surface area contributed by atoms with Crippen LogP contribution in [0.5, 0.6) is 0 Å². The third-order valence-electron chi connectivity index (χ3n) is 3.89. The Hall–Kier alpha value is -2.25.